The summed E-state index contributed by atoms with van der Waals surface area (Å²) in [5.74, 6) is 1.86. The SMILES string of the molecule is COc1cc(CN2CCC(C(C)O)C2)c(-c2ccccc2)cc1OC. The zero-order chi connectivity index (χ0) is 17.8. The molecule has 1 fully saturated rings. The molecule has 1 aliphatic heterocycles. The molecule has 4 heteroatoms. The van der Waals surface area contributed by atoms with Crippen molar-refractivity contribution >= 4 is 0 Å². The van der Waals surface area contributed by atoms with Crippen molar-refractivity contribution in [2.24, 2.45) is 5.92 Å². The van der Waals surface area contributed by atoms with Crippen molar-refractivity contribution in [2.45, 2.75) is 26.0 Å². The van der Waals surface area contributed by atoms with E-state index in [4.69, 9.17) is 9.47 Å². The van der Waals surface area contributed by atoms with Gasteiger partial charge in [-0.3, -0.25) is 4.90 Å². The molecule has 3 rings (SSSR count). The Morgan fingerprint density at radius 2 is 1.80 bits per heavy atom. The van der Waals surface area contributed by atoms with E-state index >= 15 is 0 Å². The van der Waals surface area contributed by atoms with Crippen LogP contribution in [0.1, 0.15) is 18.9 Å². The van der Waals surface area contributed by atoms with Crippen molar-refractivity contribution in [2.75, 3.05) is 27.3 Å². The molecule has 1 saturated heterocycles. The Labute approximate surface area is 150 Å². The summed E-state index contributed by atoms with van der Waals surface area (Å²) in [5.41, 5.74) is 3.55. The zero-order valence-electron chi connectivity index (χ0n) is 15.2. The summed E-state index contributed by atoms with van der Waals surface area (Å²) >= 11 is 0. The van der Waals surface area contributed by atoms with E-state index < -0.39 is 0 Å². The third kappa shape index (κ3) is 3.97. The minimum absolute atomic E-state index is 0.246. The average molecular weight is 341 g/mol. The average Bonchev–Trinajstić information content (AvgIpc) is 3.11. The molecule has 1 aliphatic rings. The quantitative estimate of drug-likeness (QED) is 0.872. The fraction of sp³-hybridized carbons (Fsp3) is 0.429. The van der Waals surface area contributed by atoms with Gasteiger partial charge in [0.1, 0.15) is 0 Å². The smallest absolute Gasteiger partial charge is 0.161 e. The second kappa shape index (κ2) is 7.89. The normalized spacial score (nSPS) is 19.0. The van der Waals surface area contributed by atoms with Crippen molar-refractivity contribution < 1.29 is 14.6 Å². The number of hydrogen-bond donors (Lipinski definition) is 1. The van der Waals surface area contributed by atoms with Gasteiger partial charge >= 0.3 is 0 Å². The van der Waals surface area contributed by atoms with Crippen molar-refractivity contribution in [3.05, 3.63) is 48.0 Å². The van der Waals surface area contributed by atoms with Crippen LogP contribution in [-0.2, 0) is 6.54 Å². The van der Waals surface area contributed by atoms with E-state index in [-0.39, 0.29) is 6.10 Å². The van der Waals surface area contributed by atoms with Gasteiger partial charge in [-0.2, -0.15) is 0 Å². The largest absolute Gasteiger partial charge is 0.493 e. The van der Waals surface area contributed by atoms with Gasteiger partial charge in [0.15, 0.2) is 11.5 Å². The molecule has 25 heavy (non-hydrogen) atoms. The van der Waals surface area contributed by atoms with Crippen LogP contribution in [0.4, 0.5) is 0 Å². The Balaban J connectivity index is 1.94. The van der Waals surface area contributed by atoms with Gasteiger partial charge in [0, 0.05) is 13.1 Å². The highest BCUT2D eigenvalue weighted by atomic mass is 16.5. The van der Waals surface area contributed by atoms with Gasteiger partial charge in [0.2, 0.25) is 0 Å². The monoisotopic (exact) mass is 341 g/mol. The molecule has 1 N–H and O–H groups in total. The third-order valence-corrected chi connectivity index (χ3v) is 5.08. The molecule has 134 valence electrons. The first kappa shape index (κ1) is 17.8. The minimum Gasteiger partial charge on any atom is -0.493 e. The highest BCUT2D eigenvalue weighted by Crippen LogP contribution is 2.37. The molecule has 0 aromatic heterocycles. The second-order valence-corrected chi connectivity index (χ2v) is 6.75. The number of rotatable bonds is 6. The topological polar surface area (TPSA) is 41.9 Å². The number of benzene rings is 2. The second-order valence-electron chi connectivity index (χ2n) is 6.75. The lowest BCUT2D eigenvalue weighted by molar-refractivity contribution is 0.127. The van der Waals surface area contributed by atoms with Crippen molar-refractivity contribution in [1.29, 1.82) is 0 Å². The lowest BCUT2D eigenvalue weighted by Gasteiger charge is -2.21. The Morgan fingerprint density at radius 1 is 1.12 bits per heavy atom. The molecular weight excluding hydrogens is 314 g/mol. The minimum atomic E-state index is -0.246. The standard InChI is InChI=1S/C21H27NO3/c1-15(23)17-9-10-22(13-17)14-18-11-20(24-2)21(25-3)12-19(18)16-7-5-4-6-8-16/h4-8,11-12,15,17,23H,9-10,13-14H2,1-3H3. The van der Waals surface area contributed by atoms with E-state index in [1.165, 1.54) is 16.7 Å². The van der Waals surface area contributed by atoms with Gasteiger partial charge in [-0.05, 0) is 54.6 Å². The summed E-state index contributed by atoms with van der Waals surface area (Å²) in [4.78, 5) is 2.41. The Bertz CT molecular complexity index is 700. The van der Waals surface area contributed by atoms with Gasteiger partial charge < -0.3 is 14.6 Å². The summed E-state index contributed by atoms with van der Waals surface area (Å²) in [6.07, 6.45) is 0.801. The van der Waals surface area contributed by atoms with Crippen LogP contribution in [-0.4, -0.2) is 43.4 Å². The van der Waals surface area contributed by atoms with Gasteiger partial charge in [-0.25, -0.2) is 0 Å². The van der Waals surface area contributed by atoms with Crippen LogP contribution in [0.15, 0.2) is 42.5 Å². The molecule has 0 amide bonds. The predicted octanol–water partition coefficient (Wildman–Crippen LogP) is 3.57. The lowest BCUT2D eigenvalue weighted by atomic mass is 9.98. The maximum absolute atomic E-state index is 9.86. The maximum Gasteiger partial charge on any atom is 0.161 e. The summed E-state index contributed by atoms with van der Waals surface area (Å²) in [7, 11) is 3.34. The molecule has 0 spiro atoms. The Morgan fingerprint density at radius 3 is 2.40 bits per heavy atom. The van der Waals surface area contributed by atoms with E-state index in [0.29, 0.717) is 5.92 Å². The first-order valence-electron chi connectivity index (χ1n) is 8.83. The highest BCUT2D eigenvalue weighted by Gasteiger charge is 2.26. The molecule has 0 saturated carbocycles. The third-order valence-electron chi connectivity index (χ3n) is 5.08. The van der Waals surface area contributed by atoms with Crippen molar-refractivity contribution in [3.63, 3.8) is 0 Å². The predicted molar refractivity (Wildman–Crippen MR) is 100 cm³/mol. The van der Waals surface area contributed by atoms with Crippen LogP contribution in [0.2, 0.25) is 0 Å². The van der Waals surface area contributed by atoms with E-state index in [1.54, 1.807) is 14.2 Å². The van der Waals surface area contributed by atoms with Gasteiger partial charge in [0.05, 0.1) is 20.3 Å². The zero-order valence-corrected chi connectivity index (χ0v) is 15.2. The Kier molecular flexibility index (Phi) is 5.61. The fourth-order valence-corrected chi connectivity index (χ4v) is 3.58. The maximum atomic E-state index is 9.86. The summed E-state index contributed by atoms with van der Waals surface area (Å²) < 4.78 is 11.0. The summed E-state index contributed by atoms with van der Waals surface area (Å²) in [5, 5.41) is 9.86. The molecule has 1 heterocycles. The first-order valence-corrected chi connectivity index (χ1v) is 8.83. The molecule has 2 aromatic rings. The van der Waals surface area contributed by atoms with Crippen LogP contribution in [0.25, 0.3) is 11.1 Å². The van der Waals surface area contributed by atoms with Crippen molar-refractivity contribution in [3.8, 4) is 22.6 Å². The molecule has 4 nitrogen and oxygen atoms in total. The van der Waals surface area contributed by atoms with E-state index in [2.05, 4.69) is 41.3 Å². The van der Waals surface area contributed by atoms with Crippen LogP contribution in [0, 0.1) is 5.92 Å². The van der Waals surface area contributed by atoms with Crippen LogP contribution in [0.3, 0.4) is 0 Å². The molecule has 0 bridgehead atoms. The molecule has 0 radical (unpaired) electrons. The molecule has 0 aliphatic carbocycles. The first-order chi connectivity index (χ1) is 12.1. The number of hydrogen-bond acceptors (Lipinski definition) is 4. The van der Waals surface area contributed by atoms with Crippen LogP contribution < -0.4 is 9.47 Å². The number of ether oxygens (including phenoxy) is 2. The number of methoxy groups -OCH3 is 2. The fourth-order valence-electron chi connectivity index (χ4n) is 3.58. The molecule has 2 atom stereocenters. The summed E-state index contributed by atoms with van der Waals surface area (Å²) in [6.45, 7) is 4.67. The van der Waals surface area contributed by atoms with Gasteiger partial charge in [0.25, 0.3) is 0 Å². The van der Waals surface area contributed by atoms with Gasteiger partial charge in [-0.15, -0.1) is 0 Å². The molecule has 2 unspecified atom stereocenters. The summed E-state index contributed by atoms with van der Waals surface area (Å²) in [6, 6.07) is 14.5. The highest BCUT2D eigenvalue weighted by molar-refractivity contribution is 5.71. The number of likely N-dealkylation sites (tertiary alicyclic amines) is 1. The van der Waals surface area contributed by atoms with Crippen LogP contribution >= 0.6 is 0 Å². The number of nitrogens with zero attached hydrogens (tertiary/aromatic N) is 1. The lowest BCUT2D eigenvalue weighted by Crippen LogP contribution is -2.24. The molecular formula is C21H27NO3. The van der Waals surface area contributed by atoms with E-state index in [9.17, 15) is 5.11 Å². The number of aliphatic hydroxyl groups excluding tert-OH is 1. The van der Waals surface area contributed by atoms with Gasteiger partial charge in [-0.1, -0.05) is 30.3 Å². The Hall–Kier alpha value is -2.04. The number of aliphatic hydroxyl groups is 1. The van der Waals surface area contributed by atoms with E-state index in [0.717, 1.165) is 37.6 Å². The van der Waals surface area contributed by atoms with Crippen LogP contribution in [0.5, 0.6) is 11.5 Å². The molecule has 2 aromatic carbocycles. The van der Waals surface area contributed by atoms with E-state index in [1.807, 2.05) is 13.0 Å². The van der Waals surface area contributed by atoms with Crippen molar-refractivity contribution in [1.82, 2.24) is 4.90 Å².